The predicted molar refractivity (Wildman–Crippen MR) is 76.9 cm³/mol. The summed E-state index contributed by atoms with van der Waals surface area (Å²) >= 11 is 1.48. The molecule has 1 aliphatic rings. The lowest BCUT2D eigenvalue weighted by atomic mass is 9.89. The molecule has 0 aromatic carbocycles. The van der Waals surface area contributed by atoms with Crippen molar-refractivity contribution < 1.29 is 0 Å². The van der Waals surface area contributed by atoms with Crippen molar-refractivity contribution in [3.63, 3.8) is 0 Å². The first-order chi connectivity index (χ1) is 8.70. The molecule has 1 aliphatic heterocycles. The van der Waals surface area contributed by atoms with Crippen molar-refractivity contribution >= 4 is 16.5 Å². The monoisotopic (exact) mass is 268 g/mol. The van der Waals surface area contributed by atoms with Crippen molar-refractivity contribution in [3.8, 4) is 0 Å². The van der Waals surface area contributed by atoms with Crippen LogP contribution in [0, 0.1) is 11.8 Å². The van der Waals surface area contributed by atoms with Crippen LogP contribution in [-0.2, 0) is 6.54 Å². The Morgan fingerprint density at radius 2 is 2.22 bits per heavy atom. The summed E-state index contributed by atoms with van der Waals surface area (Å²) in [5.41, 5.74) is 1.12. The number of hydrogen-bond donors (Lipinski definition) is 1. The van der Waals surface area contributed by atoms with Crippen LogP contribution in [0.3, 0.4) is 0 Å². The van der Waals surface area contributed by atoms with Crippen LogP contribution in [0.2, 0.25) is 0 Å². The number of aromatic nitrogens is 2. The molecule has 0 radical (unpaired) electrons. The molecule has 0 bridgehead atoms. The van der Waals surface area contributed by atoms with E-state index in [1.165, 1.54) is 31.0 Å². The van der Waals surface area contributed by atoms with Crippen molar-refractivity contribution in [1.29, 1.82) is 0 Å². The van der Waals surface area contributed by atoms with Gasteiger partial charge in [-0.1, -0.05) is 25.3 Å². The maximum atomic E-state index is 4.27. The van der Waals surface area contributed by atoms with Crippen LogP contribution in [0.1, 0.15) is 39.3 Å². The first-order valence-electron chi connectivity index (χ1n) is 6.98. The molecule has 1 aromatic heterocycles. The third-order valence-electron chi connectivity index (χ3n) is 3.88. The topological polar surface area (TPSA) is 41.1 Å². The Balaban J connectivity index is 1.91. The lowest BCUT2D eigenvalue weighted by Crippen LogP contribution is -2.38. The highest BCUT2D eigenvalue weighted by molar-refractivity contribution is 7.10. The molecule has 2 atom stereocenters. The fourth-order valence-corrected chi connectivity index (χ4v) is 2.99. The quantitative estimate of drug-likeness (QED) is 0.891. The van der Waals surface area contributed by atoms with Gasteiger partial charge in [0.2, 0.25) is 0 Å². The Kier molecular flexibility index (Phi) is 4.95. The van der Waals surface area contributed by atoms with E-state index in [-0.39, 0.29) is 0 Å². The molecule has 1 fully saturated rings. The maximum Gasteiger partial charge on any atom is 0.134 e. The van der Waals surface area contributed by atoms with Gasteiger partial charge in [-0.05, 0) is 31.2 Å². The highest BCUT2D eigenvalue weighted by atomic mass is 32.1. The SMILES string of the molecule is CCCNc1snnc1CN1CCC(C)C(C)C1. The van der Waals surface area contributed by atoms with Crippen LogP contribution >= 0.6 is 11.5 Å². The second-order valence-corrected chi connectivity index (χ2v) is 6.21. The number of anilines is 1. The summed E-state index contributed by atoms with van der Waals surface area (Å²) in [5.74, 6) is 1.64. The highest BCUT2D eigenvalue weighted by Crippen LogP contribution is 2.25. The molecule has 0 aliphatic carbocycles. The number of nitrogens with zero attached hydrogens (tertiary/aromatic N) is 3. The lowest BCUT2D eigenvalue weighted by molar-refractivity contribution is 0.131. The Labute approximate surface area is 114 Å². The number of piperidine rings is 1. The first-order valence-corrected chi connectivity index (χ1v) is 7.75. The molecule has 2 unspecified atom stereocenters. The zero-order valence-corrected chi connectivity index (χ0v) is 12.5. The summed E-state index contributed by atoms with van der Waals surface area (Å²) in [5, 5.41) is 8.85. The van der Waals surface area contributed by atoms with Crippen molar-refractivity contribution in [2.24, 2.45) is 11.8 Å². The zero-order valence-electron chi connectivity index (χ0n) is 11.6. The minimum absolute atomic E-state index is 0.789. The van der Waals surface area contributed by atoms with Crippen LogP contribution in [0.15, 0.2) is 0 Å². The van der Waals surface area contributed by atoms with Gasteiger partial charge in [0.1, 0.15) is 10.7 Å². The fraction of sp³-hybridized carbons (Fsp3) is 0.846. The first kappa shape index (κ1) is 13.7. The second-order valence-electron chi connectivity index (χ2n) is 5.45. The van der Waals surface area contributed by atoms with Gasteiger partial charge in [-0.2, -0.15) is 0 Å². The standard InChI is InChI=1S/C13H24N4S/c1-4-6-14-13-12(15-16-18-13)9-17-7-5-10(2)11(3)8-17/h10-11,14H,4-9H2,1-3H3. The van der Waals surface area contributed by atoms with Crippen LogP contribution in [-0.4, -0.2) is 34.1 Å². The molecule has 5 heteroatoms. The van der Waals surface area contributed by atoms with Crippen LogP contribution in [0.4, 0.5) is 5.00 Å². The Morgan fingerprint density at radius 1 is 1.39 bits per heavy atom. The molecule has 4 nitrogen and oxygen atoms in total. The van der Waals surface area contributed by atoms with Crippen molar-refractivity contribution in [2.75, 3.05) is 25.0 Å². The molecule has 0 amide bonds. The number of likely N-dealkylation sites (tertiary alicyclic amines) is 1. The smallest absolute Gasteiger partial charge is 0.134 e. The maximum absolute atomic E-state index is 4.27. The van der Waals surface area contributed by atoms with Crippen LogP contribution in [0.25, 0.3) is 0 Å². The molecule has 0 saturated carbocycles. The predicted octanol–water partition coefficient (Wildman–Crippen LogP) is 2.84. The average Bonchev–Trinajstić information content (AvgIpc) is 2.79. The summed E-state index contributed by atoms with van der Waals surface area (Å²) in [7, 11) is 0. The average molecular weight is 268 g/mol. The third-order valence-corrected chi connectivity index (χ3v) is 4.61. The van der Waals surface area contributed by atoms with Gasteiger partial charge >= 0.3 is 0 Å². The zero-order chi connectivity index (χ0) is 13.0. The molecule has 102 valence electrons. The largest absolute Gasteiger partial charge is 0.374 e. The van der Waals surface area contributed by atoms with Crippen molar-refractivity contribution in [2.45, 2.75) is 40.2 Å². The Morgan fingerprint density at radius 3 is 2.94 bits per heavy atom. The van der Waals surface area contributed by atoms with Gasteiger partial charge in [-0.25, -0.2) is 0 Å². The molecule has 0 spiro atoms. The van der Waals surface area contributed by atoms with E-state index < -0.39 is 0 Å². The Bertz CT molecular complexity index is 366. The van der Waals surface area contributed by atoms with Gasteiger partial charge in [-0.3, -0.25) is 4.90 Å². The van der Waals surface area contributed by atoms with Crippen molar-refractivity contribution in [3.05, 3.63) is 5.69 Å². The van der Waals surface area contributed by atoms with Crippen molar-refractivity contribution in [1.82, 2.24) is 14.5 Å². The molecule has 1 aromatic rings. The van der Waals surface area contributed by atoms with Gasteiger partial charge in [-0.15, -0.1) is 5.10 Å². The second kappa shape index (κ2) is 6.48. The molecule has 2 heterocycles. The van der Waals surface area contributed by atoms with E-state index in [2.05, 4.69) is 40.6 Å². The van der Waals surface area contributed by atoms with E-state index >= 15 is 0 Å². The van der Waals surface area contributed by atoms with Gasteiger partial charge < -0.3 is 5.32 Å². The van der Waals surface area contributed by atoms with Crippen LogP contribution < -0.4 is 5.32 Å². The molecule has 1 saturated heterocycles. The summed E-state index contributed by atoms with van der Waals surface area (Å²) in [4.78, 5) is 2.51. The third kappa shape index (κ3) is 3.42. The lowest BCUT2D eigenvalue weighted by Gasteiger charge is -2.34. The Hall–Kier alpha value is -0.680. The van der Waals surface area contributed by atoms with Crippen LogP contribution in [0.5, 0.6) is 0 Å². The summed E-state index contributed by atoms with van der Waals surface area (Å²) in [6.45, 7) is 11.2. The molecular formula is C13H24N4S. The minimum Gasteiger partial charge on any atom is -0.374 e. The molecule has 1 N–H and O–H groups in total. The van der Waals surface area contributed by atoms with Gasteiger partial charge in [0, 0.05) is 31.2 Å². The van der Waals surface area contributed by atoms with E-state index in [9.17, 15) is 0 Å². The number of rotatable bonds is 5. The molecular weight excluding hydrogens is 244 g/mol. The summed E-state index contributed by atoms with van der Waals surface area (Å²) in [6, 6.07) is 0. The number of nitrogens with one attached hydrogen (secondary N) is 1. The van der Waals surface area contributed by atoms with Gasteiger partial charge in [0.15, 0.2) is 0 Å². The molecule has 2 rings (SSSR count). The van der Waals surface area contributed by atoms with E-state index in [1.54, 1.807) is 0 Å². The van der Waals surface area contributed by atoms with E-state index in [1.807, 2.05) is 0 Å². The normalized spacial score (nSPS) is 25.3. The van der Waals surface area contributed by atoms with E-state index in [0.29, 0.717) is 0 Å². The summed E-state index contributed by atoms with van der Waals surface area (Å²) < 4.78 is 4.08. The van der Waals surface area contributed by atoms with Gasteiger partial charge in [0.25, 0.3) is 0 Å². The van der Waals surface area contributed by atoms with E-state index in [4.69, 9.17) is 0 Å². The molecule has 18 heavy (non-hydrogen) atoms. The van der Waals surface area contributed by atoms with E-state index in [0.717, 1.165) is 42.0 Å². The fourth-order valence-electron chi connectivity index (χ4n) is 2.39. The summed E-state index contributed by atoms with van der Waals surface area (Å²) in [6.07, 6.45) is 2.44. The highest BCUT2D eigenvalue weighted by Gasteiger charge is 2.23. The number of hydrogen-bond acceptors (Lipinski definition) is 5. The minimum atomic E-state index is 0.789. The van der Waals surface area contributed by atoms with Gasteiger partial charge in [0.05, 0.1) is 0 Å².